The highest BCUT2D eigenvalue weighted by Crippen LogP contribution is 2.14. The van der Waals surface area contributed by atoms with Crippen molar-refractivity contribution < 1.29 is 19.1 Å². The van der Waals surface area contributed by atoms with Crippen LogP contribution in [0.15, 0.2) is 24.3 Å². The second-order valence-electron chi connectivity index (χ2n) is 7.12. The molecule has 1 aliphatic heterocycles. The fourth-order valence-electron chi connectivity index (χ4n) is 2.51. The summed E-state index contributed by atoms with van der Waals surface area (Å²) in [6.07, 6.45) is -0.266. The first-order chi connectivity index (χ1) is 11.7. The van der Waals surface area contributed by atoms with Crippen molar-refractivity contribution in [3.8, 4) is 0 Å². The Morgan fingerprint density at radius 1 is 1.24 bits per heavy atom. The smallest absolute Gasteiger partial charge is 0.408 e. The first-order valence-corrected chi connectivity index (χ1v) is 8.30. The molecular formula is C18H25N3O4. The van der Waals surface area contributed by atoms with Gasteiger partial charge in [0.15, 0.2) is 0 Å². The fourth-order valence-corrected chi connectivity index (χ4v) is 2.51. The standard InChI is InChI=1S/C18H25N3O4/c1-11(20-17(24)25-18(2,3)4)15(22)21-14-9-12-7-5-6-8-13(12)10-19-16(14)23/h5-8,11,14H,9-10H2,1-4H3,(H,19,23)(H,20,24)(H,21,22). The topological polar surface area (TPSA) is 96.5 Å². The van der Waals surface area contributed by atoms with Gasteiger partial charge in [0.25, 0.3) is 0 Å². The third-order valence-electron chi connectivity index (χ3n) is 3.75. The molecule has 1 aromatic rings. The molecule has 1 aromatic carbocycles. The van der Waals surface area contributed by atoms with Crippen molar-refractivity contribution in [1.82, 2.24) is 16.0 Å². The van der Waals surface area contributed by atoms with E-state index in [4.69, 9.17) is 4.74 Å². The number of fused-ring (bicyclic) bond motifs is 1. The molecule has 0 saturated carbocycles. The number of hydrogen-bond acceptors (Lipinski definition) is 4. The van der Waals surface area contributed by atoms with Crippen LogP contribution < -0.4 is 16.0 Å². The zero-order valence-corrected chi connectivity index (χ0v) is 15.0. The number of rotatable bonds is 3. The second kappa shape index (κ2) is 7.55. The van der Waals surface area contributed by atoms with Crippen LogP contribution in [0.3, 0.4) is 0 Å². The molecule has 7 nitrogen and oxygen atoms in total. The van der Waals surface area contributed by atoms with Crippen LogP contribution in [0.4, 0.5) is 4.79 Å². The van der Waals surface area contributed by atoms with Crippen LogP contribution in [0.1, 0.15) is 38.8 Å². The lowest BCUT2D eigenvalue weighted by Crippen LogP contribution is -2.53. The molecule has 1 aliphatic rings. The van der Waals surface area contributed by atoms with Crippen molar-refractivity contribution in [2.45, 2.75) is 58.3 Å². The zero-order chi connectivity index (χ0) is 18.6. The molecule has 0 aliphatic carbocycles. The predicted octanol–water partition coefficient (Wildman–Crippen LogP) is 1.26. The van der Waals surface area contributed by atoms with Gasteiger partial charge in [0.1, 0.15) is 17.7 Å². The Balaban J connectivity index is 1.97. The molecule has 2 atom stereocenters. The second-order valence-corrected chi connectivity index (χ2v) is 7.12. The van der Waals surface area contributed by atoms with Crippen LogP contribution in [0.5, 0.6) is 0 Å². The summed E-state index contributed by atoms with van der Waals surface area (Å²) < 4.78 is 5.13. The Morgan fingerprint density at radius 2 is 1.88 bits per heavy atom. The summed E-state index contributed by atoms with van der Waals surface area (Å²) in [6.45, 7) is 7.20. The lowest BCUT2D eigenvalue weighted by atomic mass is 10.0. The number of ether oxygens (including phenoxy) is 1. The molecule has 3 N–H and O–H groups in total. The predicted molar refractivity (Wildman–Crippen MR) is 92.8 cm³/mol. The van der Waals surface area contributed by atoms with Gasteiger partial charge in [0.2, 0.25) is 11.8 Å². The fraction of sp³-hybridized carbons (Fsp3) is 0.500. The average molecular weight is 347 g/mol. The van der Waals surface area contributed by atoms with Crippen molar-refractivity contribution >= 4 is 17.9 Å². The summed E-state index contributed by atoms with van der Waals surface area (Å²) in [4.78, 5) is 36.3. The lowest BCUT2D eigenvalue weighted by molar-refractivity contribution is -0.129. The van der Waals surface area contributed by atoms with E-state index in [1.807, 2.05) is 24.3 Å². The molecule has 25 heavy (non-hydrogen) atoms. The third-order valence-corrected chi connectivity index (χ3v) is 3.75. The van der Waals surface area contributed by atoms with Crippen molar-refractivity contribution in [3.63, 3.8) is 0 Å². The van der Waals surface area contributed by atoms with E-state index in [1.54, 1.807) is 27.7 Å². The van der Waals surface area contributed by atoms with Gasteiger partial charge in [-0.1, -0.05) is 24.3 Å². The number of carbonyl (C=O) groups is 3. The minimum atomic E-state index is -0.818. The minimum Gasteiger partial charge on any atom is -0.444 e. The molecule has 0 saturated heterocycles. The van der Waals surface area contributed by atoms with Gasteiger partial charge in [0, 0.05) is 13.0 Å². The quantitative estimate of drug-likeness (QED) is 0.767. The van der Waals surface area contributed by atoms with E-state index < -0.39 is 29.7 Å². The van der Waals surface area contributed by atoms with E-state index in [2.05, 4.69) is 16.0 Å². The third kappa shape index (κ3) is 5.48. The monoisotopic (exact) mass is 347 g/mol. The van der Waals surface area contributed by atoms with E-state index in [-0.39, 0.29) is 5.91 Å². The summed E-state index contributed by atoms with van der Waals surface area (Å²) in [5.74, 6) is -0.681. The van der Waals surface area contributed by atoms with Gasteiger partial charge in [-0.3, -0.25) is 9.59 Å². The first-order valence-electron chi connectivity index (χ1n) is 8.30. The molecule has 0 bridgehead atoms. The summed E-state index contributed by atoms with van der Waals surface area (Å²) >= 11 is 0. The van der Waals surface area contributed by atoms with E-state index in [1.165, 1.54) is 0 Å². The van der Waals surface area contributed by atoms with Crippen molar-refractivity contribution in [3.05, 3.63) is 35.4 Å². The van der Waals surface area contributed by atoms with E-state index in [9.17, 15) is 14.4 Å². The molecule has 136 valence electrons. The molecule has 7 heteroatoms. The van der Waals surface area contributed by atoms with Crippen molar-refractivity contribution in [2.24, 2.45) is 0 Å². The maximum absolute atomic E-state index is 12.3. The van der Waals surface area contributed by atoms with Crippen LogP contribution in [-0.2, 0) is 27.3 Å². The number of nitrogens with one attached hydrogen (secondary N) is 3. The Bertz CT molecular complexity index is 667. The summed E-state index contributed by atoms with van der Waals surface area (Å²) in [6, 6.07) is 6.21. The summed E-state index contributed by atoms with van der Waals surface area (Å²) in [5.41, 5.74) is 1.40. The van der Waals surface area contributed by atoms with Crippen LogP contribution >= 0.6 is 0 Å². The van der Waals surface area contributed by atoms with Gasteiger partial charge < -0.3 is 20.7 Å². The highest BCUT2D eigenvalue weighted by atomic mass is 16.6. The molecule has 3 amide bonds. The Labute approximate surface area is 147 Å². The van der Waals surface area contributed by atoms with Gasteiger partial charge >= 0.3 is 6.09 Å². The number of benzene rings is 1. The van der Waals surface area contributed by atoms with Crippen LogP contribution in [0.25, 0.3) is 0 Å². The zero-order valence-electron chi connectivity index (χ0n) is 15.0. The highest BCUT2D eigenvalue weighted by Gasteiger charge is 2.28. The SMILES string of the molecule is CC(NC(=O)OC(C)(C)C)C(=O)NC1Cc2ccccc2CNC1=O. The normalized spacial score (nSPS) is 18.2. The molecule has 0 aromatic heterocycles. The number of hydrogen-bond donors (Lipinski definition) is 3. The van der Waals surface area contributed by atoms with Gasteiger partial charge in [-0.15, -0.1) is 0 Å². The van der Waals surface area contributed by atoms with Gasteiger partial charge in [-0.2, -0.15) is 0 Å². The first kappa shape index (κ1) is 18.8. The average Bonchev–Trinajstić information content (AvgIpc) is 2.65. The molecule has 1 heterocycles. The minimum absolute atomic E-state index is 0.242. The molecule has 0 fully saturated rings. The lowest BCUT2D eigenvalue weighted by Gasteiger charge is -2.23. The van der Waals surface area contributed by atoms with Crippen molar-refractivity contribution in [2.75, 3.05) is 0 Å². The number of alkyl carbamates (subject to hydrolysis) is 1. The van der Waals surface area contributed by atoms with E-state index in [0.29, 0.717) is 13.0 Å². The van der Waals surface area contributed by atoms with Gasteiger partial charge in [0.05, 0.1) is 0 Å². The molecular weight excluding hydrogens is 322 g/mol. The molecule has 2 unspecified atom stereocenters. The highest BCUT2D eigenvalue weighted by molar-refractivity contribution is 5.91. The van der Waals surface area contributed by atoms with Crippen LogP contribution in [0, 0.1) is 0 Å². The maximum atomic E-state index is 12.3. The van der Waals surface area contributed by atoms with Crippen LogP contribution in [0.2, 0.25) is 0 Å². The van der Waals surface area contributed by atoms with Gasteiger partial charge in [-0.25, -0.2) is 4.79 Å². The van der Waals surface area contributed by atoms with Gasteiger partial charge in [-0.05, 0) is 38.8 Å². The maximum Gasteiger partial charge on any atom is 0.408 e. The Kier molecular flexibility index (Phi) is 5.66. The summed E-state index contributed by atoms with van der Waals surface area (Å²) in [7, 11) is 0. The Hall–Kier alpha value is -2.57. The van der Waals surface area contributed by atoms with E-state index in [0.717, 1.165) is 11.1 Å². The van der Waals surface area contributed by atoms with Crippen molar-refractivity contribution in [1.29, 1.82) is 0 Å². The Morgan fingerprint density at radius 3 is 2.52 bits per heavy atom. The largest absolute Gasteiger partial charge is 0.444 e. The molecule has 0 radical (unpaired) electrons. The number of amides is 3. The molecule has 0 spiro atoms. The van der Waals surface area contributed by atoms with Crippen LogP contribution in [-0.4, -0.2) is 35.6 Å². The van der Waals surface area contributed by atoms with E-state index >= 15 is 0 Å². The summed E-state index contributed by atoms with van der Waals surface area (Å²) in [5, 5.41) is 7.97. The number of carbonyl (C=O) groups excluding carboxylic acids is 3. The molecule has 2 rings (SSSR count).